The first-order valence-electron chi connectivity index (χ1n) is 10.3. The molecule has 1 aromatic carbocycles. The van der Waals surface area contributed by atoms with Crippen LogP contribution in [0.2, 0.25) is 0 Å². The first-order chi connectivity index (χ1) is 13.9. The van der Waals surface area contributed by atoms with E-state index in [9.17, 15) is 4.39 Å². The van der Waals surface area contributed by atoms with Crippen LogP contribution in [0.1, 0.15) is 32.0 Å². The Kier molecular flexibility index (Phi) is 5.65. The zero-order valence-corrected chi connectivity index (χ0v) is 17.6. The lowest BCUT2D eigenvalue weighted by Gasteiger charge is -2.35. The number of aromatic nitrogens is 3. The Morgan fingerprint density at radius 3 is 2.28 bits per heavy atom. The van der Waals surface area contributed by atoms with Gasteiger partial charge in [0.05, 0.1) is 0 Å². The van der Waals surface area contributed by atoms with Crippen molar-refractivity contribution in [2.45, 2.75) is 40.4 Å². The van der Waals surface area contributed by atoms with Crippen molar-refractivity contribution in [3.8, 4) is 0 Å². The van der Waals surface area contributed by atoms with Gasteiger partial charge in [-0.2, -0.15) is 0 Å². The standard InChI is InChI=1S/C23H30FN5/c1-23(2,3)16-29-21(12-19-13-25-17-26-22(19)29)15-28-10-8-27(9-11-28)14-18-4-6-20(24)7-5-18/h4-7,12-13,17H,8-11,14-16H2,1-3H3. The molecule has 0 amide bonds. The molecule has 0 N–H and O–H groups in total. The SMILES string of the molecule is CC(C)(C)Cn1c(CN2CCN(Cc3ccc(F)cc3)CC2)cc2cncnc21. The average molecular weight is 396 g/mol. The van der Waals surface area contributed by atoms with Gasteiger partial charge < -0.3 is 4.57 Å². The van der Waals surface area contributed by atoms with Gasteiger partial charge in [-0.3, -0.25) is 9.80 Å². The van der Waals surface area contributed by atoms with E-state index >= 15 is 0 Å². The highest BCUT2D eigenvalue weighted by molar-refractivity contribution is 5.76. The molecule has 29 heavy (non-hydrogen) atoms. The van der Waals surface area contributed by atoms with Crippen LogP contribution in [-0.4, -0.2) is 50.5 Å². The van der Waals surface area contributed by atoms with Crippen LogP contribution in [0.5, 0.6) is 0 Å². The van der Waals surface area contributed by atoms with Crippen molar-refractivity contribution in [3.63, 3.8) is 0 Å². The second-order valence-corrected chi connectivity index (χ2v) is 9.26. The largest absolute Gasteiger partial charge is 0.328 e. The number of hydrogen-bond donors (Lipinski definition) is 0. The van der Waals surface area contributed by atoms with Gasteiger partial charge in [-0.1, -0.05) is 32.9 Å². The number of nitrogens with zero attached hydrogens (tertiary/aromatic N) is 5. The first kappa shape index (κ1) is 20.0. The van der Waals surface area contributed by atoms with Crippen molar-refractivity contribution >= 4 is 11.0 Å². The fourth-order valence-electron chi connectivity index (χ4n) is 4.02. The minimum atomic E-state index is -0.172. The van der Waals surface area contributed by atoms with E-state index in [1.54, 1.807) is 18.5 Å². The third kappa shape index (κ3) is 5.00. The monoisotopic (exact) mass is 395 g/mol. The molecule has 0 atom stereocenters. The Balaban J connectivity index is 1.42. The number of rotatable bonds is 5. The van der Waals surface area contributed by atoms with E-state index in [1.807, 2.05) is 18.3 Å². The van der Waals surface area contributed by atoms with Crippen LogP contribution in [0, 0.1) is 11.2 Å². The summed E-state index contributed by atoms with van der Waals surface area (Å²) in [7, 11) is 0. The van der Waals surface area contributed by atoms with Crippen molar-refractivity contribution in [3.05, 3.63) is 59.9 Å². The lowest BCUT2D eigenvalue weighted by Crippen LogP contribution is -2.45. The van der Waals surface area contributed by atoms with E-state index in [1.165, 1.54) is 11.3 Å². The van der Waals surface area contributed by atoms with Crippen molar-refractivity contribution in [1.82, 2.24) is 24.3 Å². The van der Waals surface area contributed by atoms with Gasteiger partial charge in [0, 0.05) is 63.1 Å². The molecule has 0 saturated carbocycles. The molecule has 0 bridgehead atoms. The van der Waals surface area contributed by atoms with Crippen molar-refractivity contribution < 1.29 is 4.39 Å². The number of benzene rings is 1. The molecule has 154 valence electrons. The summed E-state index contributed by atoms with van der Waals surface area (Å²) in [5.74, 6) is -0.172. The summed E-state index contributed by atoms with van der Waals surface area (Å²) in [6.07, 6.45) is 3.55. The van der Waals surface area contributed by atoms with Crippen LogP contribution in [0.15, 0.2) is 42.9 Å². The summed E-state index contributed by atoms with van der Waals surface area (Å²) in [4.78, 5) is 13.7. The maximum atomic E-state index is 13.1. The molecule has 0 radical (unpaired) electrons. The predicted octanol–water partition coefficient (Wildman–Crippen LogP) is 3.93. The number of fused-ring (bicyclic) bond motifs is 1. The van der Waals surface area contributed by atoms with E-state index in [0.717, 1.165) is 56.8 Å². The van der Waals surface area contributed by atoms with E-state index < -0.39 is 0 Å². The van der Waals surface area contributed by atoms with Crippen molar-refractivity contribution in [2.75, 3.05) is 26.2 Å². The van der Waals surface area contributed by atoms with Gasteiger partial charge in [-0.25, -0.2) is 14.4 Å². The zero-order chi connectivity index (χ0) is 20.4. The highest BCUT2D eigenvalue weighted by Crippen LogP contribution is 2.25. The number of hydrogen-bond acceptors (Lipinski definition) is 4. The minimum Gasteiger partial charge on any atom is -0.328 e. The van der Waals surface area contributed by atoms with Crippen LogP contribution in [0.3, 0.4) is 0 Å². The molecule has 1 saturated heterocycles. The Hall–Kier alpha value is -2.31. The zero-order valence-electron chi connectivity index (χ0n) is 17.6. The molecule has 0 aliphatic carbocycles. The molecule has 5 nitrogen and oxygen atoms in total. The lowest BCUT2D eigenvalue weighted by molar-refractivity contribution is 0.119. The van der Waals surface area contributed by atoms with Crippen LogP contribution in [-0.2, 0) is 19.6 Å². The smallest absolute Gasteiger partial charge is 0.143 e. The summed E-state index contributed by atoms with van der Waals surface area (Å²) < 4.78 is 15.5. The van der Waals surface area contributed by atoms with Gasteiger partial charge in [0.1, 0.15) is 17.8 Å². The normalized spacial score (nSPS) is 16.6. The lowest BCUT2D eigenvalue weighted by atomic mass is 9.97. The highest BCUT2D eigenvalue weighted by atomic mass is 19.1. The molecule has 3 aromatic rings. The quantitative estimate of drug-likeness (QED) is 0.656. The molecule has 6 heteroatoms. The Morgan fingerprint density at radius 1 is 0.966 bits per heavy atom. The molecule has 4 rings (SSSR count). The third-order valence-electron chi connectivity index (χ3n) is 5.45. The van der Waals surface area contributed by atoms with E-state index in [0.29, 0.717) is 0 Å². The molecule has 3 heterocycles. The molecule has 0 spiro atoms. The van der Waals surface area contributed by atoms with Gasteiger partial charge in [0.25, 0.3) is 0 Å². The maximum absolute atomic E-state index is 13.1. The summed E-state index contributed by atoms with van der Waals surface area (Å²) in [6, 6.07) is 9.10. The first-order valence-corrected chi connectivity index (χ1v) is 10.3. The number of piperazine rings is 1. The molecule has 0 unspecified atom stereocenters. The second-order valence-electron chi connectivity index (χ2n) is 9.26. The topological polar surface area (TPSA) is 37.2 Å². The highest BCUT2D eigenvalue weighted by Gasteiger charge is 2.21. The molecular formula is C23H30FN5. The molecular weight excluding hydrogens is 365 g/mol. The van der Waals surface area contributed by atoms with Crippen LogP contribution in [0.25, 0.3) is 11.0 Å². The van der Waals surface area contributed by atoms with Crippen molar-refractivity contribution in [2.24, 2.45) is 5.41 Å². The Bertz CT molecular complexity index is 950. The van der Waals surface area contributed by atoms with E-state index in [-0.39, 0.29) is 11.2 Å². The van der Waals surface area contributed by atoms with Crippen LogP contribution >= 0.6 is 0 Å². The van der Waals surface area contributed by atoms with Crippen LogP contribution in [0.4, 0.5) is 4.39 Å². The van der Waals surface area contributed by atoms with Gasteiger partial charge in [-0.05, 0) is 29.2 Å². The fraction of sp³-hybridized carbons (Fsp3) is 0.478. The third-order valence-corrected chi connectivity index (χ3v) is 5.45. The van der Waals surface area contributed by atoms with Gasteiger partial charge in [0.15, 0.2) is 0 Å². The predicted molar refractivity (Wildman–Crippen MR) is 114 cm³/mol. The van der Waals surface area contributed by atoms with Gasteiger partial charge in [-0.15, -0.1) is 0 Å². The fourth-order valence-corrected chi connectivity index (χ4v) is 4.02. The summed E-state index contributed by atoms with van der Waals surface area (Å²) in [5, 5.41) is 1.11. The maximum Gasteiger partial charge on any atom is 0.143 e. The van der Waals surface area contributed by atoms with Crippen molar-refractivity contribution in [1.29, 1.82) is 0 Å². The molecule has 1 fully saturated rings. The molecule has 1 aliphatic heterocycles. The summed E-state index contributed by atoms with van der Waals surface area (Å²) in [5.41, 5.74) is 3.69. The molecule has 2 aromatic heterocycles. The van der Waals surface area contributed by atoms with Gasteiger partial charge in [0.2, 0.25) is 0 Å². The second kappa shape index (κ2) is 8.20. The van der Waals surface area contributed by atoms with E-state index in [2.05, 4.69) is 51.2 Å². The Morgan fingerprint density at radius 2 is 1.62 bits per heavy atom. The minimum absolute atomic E-state index is 0.172. The van der Waals surface area contributed by atoms with Gasteiger partial charge >= 0.3 is 0 Å². The number of halogens is 1. The van der Waals surface area contributed by atoms with Crippen LogP contribution < -0.4 is 0 Å². The summed E-state index contributed by atoms with van der Waals surface area (Å²) >= 11 is 0. The molecule has 1 aliphatic rings. The average Bonchev–Trinajstić information content (AvgIpc) is 3.01. The van der Waals surface area contributed by atoms with E-state index in [4.69, 9.17) is 0 Å². The summed E-state index contributed by atoms with van der Waals surface area (Å²) in [6.45, 7) is 13.6. The Labute approximate surface area is 172 Å².